The highest BCUT2D eigenvalue weighted by atomic mass is 16.4. The Hall–Kier alpha value is -1.06. The van der Waals surface area contributed by atoms with Crippen LogP contribution in [0.25, 0.3) is 0 Å². The van der Waals surface area contributed by atoms with Gasteiger partial charge in [-0.1, -0.05) is 27.2 Å². The van der Waals surface area contributed by atoms with Crippen molar-refractivity contribution in [3.63, 3.8) is 0 Å². The molecule has 4 nitrogen and oxygen atoms in total. The summed E-state index contributed by atoms with van der Waals surface area (Å²) in [5, 5.41) is 10.9. The molecule has 1 rings (SSSR count). The van der Waals surface area contributed by atoms with Gasteiger partial charge in [-0.05, 0) is 18.8 Å². The molecule has 94 valence electrons. The first-order chi connectivity index (χ1) is 7.34. The highest BCUT2D eigenvalue weighted by Gasteiger charge is 2.23. The summed E-state index contributed by atoms with van der Waals surface area (Å²) in [5.41, 5.74) is 0. The van der Waals surface area contributed by atoms with Crippen LogP contribution in [0.4, 0.5) is 0 Å². The predicted molar refractivity (Wildman–Crippen MR) is 63.1 cm³/mol. The molecule has 1 aliphatic carbocycles. The summed E-state index contributed by atoms with van der Waals surface area (Å²) in [6, 6.07) is 0.456. The van der Waals surface area contributed by atoms with Gasteiger partial charge in [-0.25, -0.2) is 0 Å². The zero-order valence-corrected chi connectivity index (χ0v) is 10.6. The monoisotopic (exact) mass is 229 g/mol. The van der Waals surface area contributed by atoms with E-state index < -0.39 is 5.97 Å². The molecule has 0 bridgehead atoms. The molecule has 0 spiro atoms. The first kappa shape index (κ1) is 14.9. The fraction of sp³-hybridized carbons (Fsp3) is 0.833. The van der Waals surface area contributed by atoms with Gasteiger partial charge in [0.05, 0.1) is 5.92 Å². The summed E-state index contributed by atoms with van der Waals surface area (Å²) in [6.45, 7) is 7.07. The number of amides is 1. The molecule has 1 amide bonds. The molecule has 4 heteroatoms. The predicted octanol–water partition coefficient (Wildman–Crippen LogP) is 2.04. The van der Waals surface area contributed by atoms with Crippen LogP contribution < -0.4 is 5.32 Å². The van der Waals surface area contributed by atoms with Gasteiger partial charge in [0.15, 0.2) is 0 Å². The number of carboxylic acids is 1. The quantitative estimate of drug-likeness (QED) is 0.761. The lowest BCUT2D eigenvalue weighted by molar-refractivity contribution is -0.140. The van der Waals surface area contributed by atoms with Crippen molar-refractivity contribution in [3.8, 4) is 0 Å². The maximum Gasteiger partial charge on any atom is 0.305 e. The van der Waals surface area contributed by atoms with E-state index in [-0.39, 0.29) is 11.8 Å². The van der Waals surface area contributed by atoms with Gasteiger partial charge in [-0.3, -0.25) is 9.59 Å². The molecule has 0 aromatic heterocycles. The largest absolute Gasteiger partial charge is 0.481 e. The lowest BCUT2D eigenvalue weighted by atomic mass is 10.1. The molecule has 2 unspecified atom stereocenters. The van der Waals surface area contributed by atoms with E-state index in [0.29, 0.717) is 12.0 Å². The zero-order valence-electron chi connectivity index (χ0n) is 10.6. The number of carboxylic acid groups (broad SMARTS) is 1. The summed E-state index contributed by atoms with van der Waals surface area (Å²) in [4.78, 5) is 20.3. The third kappa shape index (κ3) is 6.43. The number of aliphatic carboxylic acids is 1. The van der Waals surface area contributed by atoms with Crippen LogP contribution in [0.5, 0.6) is 0 Å². The SMILES string of the molecule is CC(=O)NC1CCCC1C.CC(C)C(=O)O. The fourth-order valence-corrected chi connectivity index (χ4v) is 1.62. The third-order valence-corrected chi connectivity index (χ3v) is 2.74. The first-order valence-electron chi connectivity index (χ1n) is 5.84. The van der Waals surface area contributed by atoms with Gasteiger partial charge in [0.25, 0.3) is 0 Å². The van der Waals surface area contributed by atoms with E-state index >= 15 is 0 Å². The van der Waals surface area contributed by atoms with E-state index in [2.05, 4.69) is 12.2 Å². The van der Waals surface area contributed by atoms with Gasteiger partial charge in [0.1, 0.15) is 0 Å². The maximum atomic E-state index is 10.6. The van der Waals surface area contributed by atoms with Crippen LogP contribution in [0.1, 0.15) is 47.0 Å². The van der Waals surface area contributed by atoms with E-state index in [1.807, 2.05) is 0 Å². The second-order valence-corrected chi connectivity index (χ2v) is 4.71. The molecule has 2 N–H and O–H groups in total. The Balaban J connectivity index is 0.000000325. The summed E-state index contributed by atoms with van der Waals surface area (Å²) in [5.74, 6) is -0.178. The summed E-state index contributed by atoms with van der Waals surface area (Å²) >= 11 is 0. The normalized spacial score (nSPS) is 23.6. The number of hydrogen-bond acceptors (Lipinski definition) is 2. The van der Waals surface area contributed by atoms with Crippen LogP contribution in [0, 0.1) is 11.8 Å². The Bertz CT molecular complexity index is 238. The Morgan fingerprint density at radius 2 is 1.81 bits per heavy atom. The minimum absolute atomic E-state index is 0.110. The van der Waals surface area contributed by atoms with Crippen molar-refractivity contribution in [3.05, 3.63) is 0 Å². The van der Waals surface area contributed by atoms with Crippen molar-refractivity contribution in [1.29, 1.82) is 0 Å². The van der Waals surface area contributed by atoms with Gasteiger partial charge >= 0.3 is 5.97 Å². The molecule has 0 aliphatic heterocycles. The van der Waals surface area contributed by atoms with Gasteiger partial charge in [-0.2, -0.15) is 0 Å². The lowest BCUT2D eigenvalue weighted by Gasteiger charge is -2.15. The molecule has 0 aromatic carbocycles. The van der Waals surface area contributed by atoms with Crippen LogP contribution in [-0.2, 0) is 9.59 Å². The molecule has 1 fully saturated rings. The second-order valence-electron chi connectivity index (χ2n) is 4.71. The van der Waals surface area contributed by atoms with E-state index in [0.717, 1.165) is 0 Å². The second kappa shape index (κ2) is 7.25. The minimum atomic E-state index is -0.741. The summed E-state index contributed by atoms with van der Waals surface area (Å²) in [7, 11) is 0. The van der Waals surface area contributed by atoms with Crippen molar-refractivity contribution >= 4 is 11.9 Å². The molecule has 0 radical (unpaired) electrons. The molecular formula is C12H23NO3. The average Bonchev–Trinajstić information content (AvgIpc) is 2.52. The number of carbonyl (C=O) groups is 2. The van der Waals surface area contributed by atoms with Gasteiger partial charge in [0.2, 0.25) is 5.91 Å². The molecule has 1 saturated carbocycles. The Morgan fingerprint density at radius 1 is 1.31 bits per heavy atom. The third-order valence-electron chi connectivity index (χ3n) is 2.74. The lowest BCUT2D eigenvalue weighted by Crippen LogP contribution is -2.34. The Kier molecular flexibility index (Phi) is 6.77. The minimum Gasteiger partial charge on any atom is -0.481 e. The molecular weight excluding hydrogens is 206 g/mol. The number of carbonyl (C=O) groups excluding carboxylic acids is 1. The molecule has 0 aromatic rings. The topological polar surface area (TPSA) is 66.4 Å². The molecule has 2 atom stereocenters. The van der Waals surface area contributed by atoms with Crippen molar-refractivity contribution < 1.29 is 14.7 Å². The van der Waals surface area contributed by atoms with Crippen LogP contribution in [-0.4, -0.2) is 23.0 Å². The van der Waals surface area contributed by atoms with Crippen LogP contribution in [0.15, 0.2) is 0 Å². The van der Waals surface area contributed by atoms with E-state index in [1.54, 1.807) is 20.8 Å². The van der Waals surface area contributed by atoms with Gasteiger partial charge < -0.3 is 10.4 Å². The highest BCUT2D eigenvalue weighted by molar-refractivity contribution is 5.73. The van der Waals surface area contributed by atoms with Crippen LogP contribution in [0.3, 0.4) is 0 Å². The van der Waals surface area contributed by atoms with Crippen molar-refractivity contribution in [2.45, 2.75) is 53.0 Å². The summed E-state index contributed by atoms with van der Waals surface area (Å²) < 4.78 is 0. The number of nitrogens with one attached hydrogen (secondary N) is 1. The average molecular weight is 229 g/mol. The van der Waals surface area contributed by atoms with Crippen LogP contribution >= 0.6 is 0 Å². The highest BCUT2D eigenvalue weighted by Crippen LogP contribution is 2.24. The number of hydrogen-bond donors (Lipinski definition) is 2. The Morgan fingerprint density at radius 3 is 2.06 bits per heavy atom. The fourth-order valence-electron chi connectivity index (χ4n) is 1.62. The van der Waals surface area contributed by atoms with E-state index in [4.69, 9.17) is 5.11 Å². The van der Waals surface area contributed by atoms with Crippen LogP contribution in [0.2, 0.25) is 0 Å². The number of rotatable bonds is 2. The smallest absolute Gasteiger partial charge is 0.305 e. The van der Waals surface area contributed by atoms with Crippen molar-refractivity contribution in [1.82, 2.24) is 5.32 Å². The van der Waals surface area contributed by atoms with E-state index in [9.17, 15) is 9.59 Å². The zero-order chi connectivity index (χ0) is 12.7. The molecule has 16 heavy (non-hydrogen) atoms. The van der Waals surface area contributed by atoms with Crippen molar-refractivity contribution in [2.24, 2.45) is 11.8 Å². The van der Waals surface area contributed by atoms with Gasteiger partial charge in [0, 0.05) is 13.0 Å². The molecule has 1 aliphatic rings. The molecule has 0 heterocycles. The maximum absolute atomic E-state index is 10.6. The summed E-state index contributed by atoms with van der Waals surface area (Å²) in [6.07, 6.45) is 3.71. The standard InChI is InChI=1S/C8H15NO.C4H8O2/c1-6-4-3-5-8(6)9-7(2)10;1-3(2)4(5)6/h6,8H,3-5H2,1-2H3,(H,9,10);3H,1-2H3,(H,5,6). The molecule has 0 saturated heterocycles. The van der Waals surface area contributed by atoms with Crippen molar-refractivity contribution in [2.75, 3.05) is 0 Å². The Labute approximate surface area is 97.4 Å². The first-order valence-corrected chi connectivity index (χ1v) is 5.84. The van der Waals surface area contributed by atoms with E-state index in [1.165, 1.54) is 19.3 Å². The van der Waals surface area contributed by atoms with Gasteiger partial charge in [-0.15, -0.1) is 0 Å².